The second-order valence-electron chi connectivity index (χ2n) is 3.93. The standard InChI is InChI=1S/C8H10.C7H7NO/c1-7-3-5-8(2)6-4-7;1-6(9)7-4-2-3-5-8-7/h3-6H,1-2H3;2-5H,1H3. The van der Waals surface area contributed by atoms with Crippen molar-refractivity contribution in [3.05, 3.63) is 65.5 Å². The lowest BCUT2D eigenvalue weighted by Crippen LogP contribution is -1.93. The lowest BCUT2D eigenvalue weighted by atomic mass is 10.2. The minimum atomic E-state index is 0.00981. The van der Waals surface area contributed by atoms with Crippen LogP contribution in [0.1, 0.15) is 28.5 Å². The zero-order chi connectivity index (χ0) is 12.7. The summed E-state index contributed by atoms with van der Waals surface area (Å²) in [5.41, 5.74) is 3.18. The average molecular weight is 227 g/mol. The van der Waals surface area contributed by atoms with Crippen LogP contribution in [0.15, 0.2) is 48.7 Å². The third kappa shape index (κ3) is 5.07. The van der Waals surface area contributed by atoms with E-state index in [-0.39, 0.29) is 5.78 Å². The van der Waals surface area contributed by atoms with E-state index in [1.54, 1.807) is 24.4 Å². The van der Waals surface area contributed by atoms with Gasteiger partial charge in [-0.1, -0.05) is 41.5 Å². The van der Waals surface area contributed by atoms with E-state index < -0.39 is 0 Å². The van der Waals surface area contributed by atoms with Crippen molar-refractivity contribution in [1.29, 1.82) is 0 Å². The van der Waals surface area contributed by atoms with E-state index in [0.717, 1.165) is 0 Å². The fraction of sp³-hybridized carbons (Fsp3) is 0.200. The van der Waals surface area contributed by atoms with E-state index in [2.05, 4.69) is 43.1 Å². The van der Waals surface area contributed by atoms with E-state index in [9.17, 15) is 4.79 Å². The Morgan fingerprint density at radius 3 is 1.76 bits per heavy atom. The summed E-state index contributed by atoms with van der Waals surface area (Å²) in [7, 11) is 0. The molecule has 2 aromatic rings. The lowest BCUT2D eigenvalue weighted by Gasteiger charge is -1.90. The predicted molar refractivity (Wildman–Crippen MR) is 70.2 cm³/mol. The van der Waals surface area contributed by atoms with Crippen LogP contribution in [0.4, 0.5) is 0 Å². The highest BCUT2D eigenvalue weighted by atomic mass is 16.1. The van der Waals surface area contributed by atoms with E-state index >= 15 is 0 Å². The SMILES string of the molecule is CC(=O)c1ccccn1.Cc1ccc(C)cc1. The molecule has 2 nitrogen and oxygen atoms in total. The van der Waals surface area contributed by atoms with Crippen LogP contribution in [0, 0.1) is 13.8 Å². The van der Waals surface area contributed by atoms with Crippen molar-refractivity contribution in [3.8, 4) is 0 Å². The molecule has 0 aliphatic rings. The molecule has 2 rings (SSSR count). The highest BCUT2D eigenvalue weighted by Crippen LogP contribution is 1.99. The number of hydrogen-bond acceptors (Lipinski definition) is 2. The Morgan fingerprint density at radius 1 is 0.941 bits per heavy atom. The summed E-state index contributed by atoms with van der Waals surface area (Å²) in [6.07, 6.45) is 1.61. The van der Waals surface area contributed by atoms with Gasteiger partial charge in [0, 0.05) is 13.1 Å². The van der Waals surface area contributed by atoms with Gasteiger partial charge in [-0.15, -0.1) is 0 Å². The molecule has 0 unspecified atom stereocenters. The van der Waals surface area contributed by atoms with Gasteiger partial charge in [0.1, 0.15) is 5.69 Å². The van der Waals surface area contributed by atoms with Gasteiger partial charge in [-0.05, 0) is 26.0 Å². The van der Waals surface area contributed by atoms with E-state index in [1.807, 2.05) is 0 Å². The Hall–Kier alpha value is -1.96. The molecule has 0 aliphatic carbocycles. The highest BCUT2D eigenvalue weighted by Gasteiger charge is 1.94. The number of Topliss-reactive ketones (excluding diaryl/α,β-unsaturated/α-hetero) is 1. The molecule has 0 radical (unpaired) electrons. The first kappa shape index (κ1) is 13.1. The van der Waals surface area contributed by atoms with E-state index in [0.29, 0.717) is 5.69 Å². The maximum absolute atomic E-state index is 10.6. The number of hydrogen-bond donors (Lipinski definition) is 0. The van der Waals surface area contributed by atoms with Gasteiger partial charge < -0.3 is 0 Å². The highest BCUT2D eigenvalue weighted by molar-refractivity contribution is 5.91. The minimum absolute atomic E-state index is 0.00981. The van der Waals surface area contributed by atoms with Crippen molar-refractivity contribution < 1.29 is 4.79 Å². The van der Waals surface area contributed by atoms with Gasteiger partial charge in [0.25, 0.3) is 0 Å². The fourth-order valence-corrected chi connectivity index (χ4v) is 1.21. The molecule has 0 spiro atoms. The van der Waals surface area contributed by atoms with Crippen molar-refractivity contribution >= 4 is 5.78 Å². The molecule has 2 heteroatoms. The zero-order valence-corrected chi connectivity index (χ0v) is 10.5. The van der Waals surface area contributed by atoms with E-state index in [1.165, 1.54) is 18.1 Å². The summed E-state index contributed by atoms with van der Waals surface area (Å²) in [5.74, 6) is 0.00981. The summed E-state index contributed by atoms with van der Waals surface area (Å²) in [6.45, 7) is 5.70. The largest absolute Gasteiger partial charge is 0.293 e. The van der Waals surface area contributed by atoms with Crippen LogP contribution in [0.5, 0.6) is 0 Å². The van der Waals surface area contributed by atoms with Crippen LogP contribution >= 0.6 is 0 Å². The molecule has 1 aromatic carbocycles. The summed E-state index contributed by atoms with van der Waals surface area (Å²) in [5, 5.41) is 0. The van der Waals surface area contributed by atoms with Crippen LogP contribution in [0.25, 0.3) is 0 Å². The van der Waals surface area contributed by atoms with Crippen LogP contribution in [0.2, 0.25) is 0 Å². The molecule has 0 N–H and O–H groups in total. The van der Waals surface area contributed by atoms with Crippen LogP contribution < -0.4 is 0 Å². The molecule has 1 aromatic heterocycles. The summed E-state index contributed by atoms with van der Waals surface area (Å²) < 4.78 is 0. The number of rotatable bonds is 1. The molecule has 17 heavy (non-hydrogen) atoms. The number of aromatic nitrogens is 1. The normalized spacial score (nSPS) is 9.12. The number of ketones is 1. The van der Waals surface area contributed by atoms with Crippen molar-refractivity contribution in [2.75, 3.05) is 0 Å². The van der Waals surface area contributed by atoms with Crippen LogP contribution in [-0.2, 0) is 0 Å². The molecular weight excluding hydrogens is 210 g/mol. The Morgan fingerprint density at radius 2 is 1.47 bits per heavy atom. The summed E-state index contributed by atoms with van der Waals surface area (Å²) >= 11 is 0. The molecule has 1 heterocycles. The molecule has 0 fully saturated rings. The van der Waals surface area contributed by atoms with Gasteiger partial charge in [-0.2, -0.15) is 0 Å². The average Bonchev–Trinajstić information content (AvgIpc) is 2.35. The molecule has 88 valence electrons. The molecule has 0 atom stereocenters. The van der Waals surface area contributed by atoms with E-state index in [4.69, 9.17) is 0 Å². The molecule has 0 saturated carbocycles. The minimum Gasteiger partial charge on any atom is -0.293 e. The molecular formula is C15H17NO. The zero-order valence-electron chi connectivity index (χ0n) is 10.5. The third-order valence-corrected chi connectivity index (χ3v) is 2.24. The fourth-order valence-electron chi connectivity index (χ4n) is 1.21. The molecule has 0 saturated heterocycles. The quantitative estimate of drug-likeness (QED) is 0.697. The smallest absolute Gasteiger partial charge is 0.178 e. The molecule has 0 aliphatic heterocycles. The Kier molecular flexibility index (Phi) is 5.08. The van der Waals surface area contributed by atoms with Crippen molar-refractivity contribution in [2.45, 2.75) is 20.8 Å². The Bertz CT molecular complexity index is 439. The number of pyridine rings is 1. The topological polar surface area (TPSA) is 30.0 Å². The Labute approximate surface area is 102 Å². The predicted octanol–water partition coefficient (Wildman–Crippen LogP) is 3.59. The first-order chi connectivity index (χ1) is 8.09. The van der Waals surface area contributed by atoms with Gasteiger partial charge in [0.05, 0.1) is 0 Å². The lowest BCUT2D eigenvalue weighted by molar-refractivity contribution is 0.101. The second-order valence-corrected chi connectivity index (χ2v) is 3.93. The van der Waals surface area contributed by atoms with Gasteiger partial charge in [-0.3, -0.25) is 9.78 Å². The number of carbonyl (C=O) groups is 1. The number of benzene rings is 1. The number of nitrogens with zero attached hydrogens (tertiary/aromatic N) is 1. The van der Waals surface area contributed by atoms with Crippen molar-refractivity contribution in [1.82, 2.24) is 4.98 Å². The van der Waals surface area contributed by atoms with Gasteiger partial charge >= 0.3 is 0 Å². The maximum atomic E-state index is 10.6. The van der Waals surface area contributed by atoms with Crippen LogP contribution in [-0.4, -0.2) is 10.8 Å². The summed E-state index contributed by atoms with van der Waals surface area (Å²) in [6, 6.07) is 13.8. The van der Waals surface area contributed by atoms with Gasteiger partial charge in [-0.25, -0.2) is 0 Å². The maximum Gasteiger partial charge on any atom is 0.178 e. The number of carbonyl (C=O) groups excluding carboxylic acids is 1. The van der Waals surface area contributed by atoms with Gasteiger partial charge in [0.15, 0.2) is 5.78 Å². The summed E-state index contributed by atoms with van der Waals surface area (Å²) in [4.78, 5) is 14.4. The second kappa shape index (κ2) is 6.59. The molecule has 0 bridgehead atoms. The first-order valence-corrected chi connectivity index (χ1v) is 5.55. The van der Waals surface area contributed by atoms with Crippen LogP contribution in [0.3, 0.4) is 0 Å². The number of aryl methyl sites for hydroxylation is 2. The third-order valence-electron chi connectivity index (χ3n) is 2.24. The first-order valence-electron chi connectivity index (χ1n) is 5.55. The van der Waals surface area contributed by atoms with Crippen molar-refractivity contribution in [3.63, 3.8) is 0 Å². The monoisotopic (exact) mass is 227 g/mol. The Balaban J connectivity index is 0.000000171. The van der Waals surface area contributed by atoms with Crippen molar-refractivity contribution in [2.24, 2.45) is 0 Å². The van der Waals surface area contributed by atoms with Gasteiger partial charge in [0.2, 0.25) is 0 Å². The molecule has 0 amide bonds.